The number of carbonyl (C=O) groups is 1. The van der Waals surface area contributed by atoms with Crippen LogP contribution in [0.25, 0.3) is 0 Å². The summed E-state index contributed by atoms with van der Waals surface area (Å²) in [5.74, 6) is -1.76. The second kappa shape index (κ2) is 6.26. The van der Waals surface area contributed by atoms with Gasteiger partial charge in [0.1, 0.15) is 5.82 Å². The predicted molar refractivity (Wildman–Crippen MR) is 81.5 cm³/mol. The molecule has 0 aliphatic heterocycles. The number of carboxylic acids is 1. The van der Waals surface area contributed by atoms with Gasteiger partial charge in [-0.25, -0.2) is 9.18 Å². The minimum atomic E-state index is -1.18. The van der Waals surface area contributed by atoms with E-state index in [0.29, 0.717) is 0 Å². The topological polar surface area (TPSA) is 75.3 Å². The number of hydrogen-bond acceptors (Lipinski definition) is 3. The molecule has 0 spiro atoms. The fraction of sp³-hybridized carbons (Fsp3) is 0.188. The number of nitrogen functional groups attached to an aromatic ring is 1. The number of nitrogens with two attached hydrogens (primary N) is 1. The van der Waals surface area contributed by atoms with Crippen LogP contribution in [0.4, 0.5) is 21.5 Å². The lowest BCUT2D eigenvalue weighted by Crippen LogP contribution is -2.06. The molecule has 0 aliphatic carbocycles. The lowest BCUT2D eigenvalue weighted by molar-refractivity contribution is 0.0698. The summed E-state index contributed by atoms with van der Waals surface area (Å²) in [5, 5.41) is 12.0. The lowest BCUT2D eigenvalue weighted by Gasteiger charge is -2.13. The molecule has 0 aliphatic rings. The van der Waals surface area contributed by atoms with Gasteiger partial charge in [-0.1, -0.05) is 31.5 Å². The molecule has 0 saturated heterocycles. The van der Waals surface area contributed by atoms with Crippen molar-refractivity contribution in [3.63, 3.8) is 0 Å². The van der Waals surface area contributed by atoms with Crippen LogP contribution in [0.1, 0.15) is 29.3 Å². The quantitative estimate of drug-likeness (QED) is 0.731. The van der Waals surface area contributed by atoms with Gasteiger partial charge in [-0.15, -0.1) is 0 Å². The third-order valence-electron chi connectivity index (χ3n) is 3.18. The number of carboxylic acid groups (broad SMARTS) is 1. The standard InChI is InChI=1S/C16H17FN2O2/c1-2-5-10-6-3-4-7-14(10)19-15-8-11(16(20)21)13(18)9-12(15)17/h3-4,6-9,19H,2,5,18H2,1H3,(H,20,21). The average Bonchev–Trinajstić information content (AvgIpc) is 2.43. The van der Waals surface area contributed by atoms with E-state index in [2.05, 4.69) is 12.2 Å². The third-order valence-corrected chi connectivity index (χ3v) is 3.18. The van der Waals surface area contributed by atoms with Crippen molar-refractivity contribution in [1.29, 1.82) is 0 Å². The Balaban J connectivity index is 2.40. The van der Waals surface area contributed by atoms with Gasteiger partial charge in [0.2, 0.25) is 0 Å². The zero-order chi connectivity index (χ0) is 15.4. The van der Waals surface area contributed by atoms with Crippen molar-refractivity contribution in [2.24, 2.45) is 0 Å². The molecule has 110 valence electrons. The molecular formula is C16H17FN2O2. The summed E-state index contributed by atoms with van der Waals surface area (Å²) >= 11 is 0. The molecule has 0 unspecified atom stereocenters. The van der Waals surface area contributed by atoms with Crippen molar-refractivity contribution in [2.75, 3.05) is 11.1 Å². The first-order valence-corrected chi connectivity index (χ1v) is 6.70. The normalized spacial score (nSPS) is 10.4. The molecule has 0 saturated carbocycles. The Labute approximate surface area is 122 Å². The molecule has 0 amide bonds. The molecule has 21 heavy (non-hydrogen) atoms. The molecular weight excluding hydrogens is 271 g/mol. The fourth-order valence-corrected chi connectivity index (χ4v) is 2.14. The van der Waals surface area contributed by atoms with Gasteiger partial charge in [-0.2, -0.15) is 0 Å². The Bertz CT molecular complexity index is 671. The summed E-state index contributed by atoms with van der Waals surface area (Å²) in [6, 6.07) is 9.79. The highest BCUT2D eigenvalue weighted by atomic mass is 19.1. The summed E-state index contributed by atoms with van der Waals surface area (Å²) in [6.45, 7) is 2.06. The van der Waals surface area contributed by atoms with Crippen LogP contribution in [-0.2, 0) is 6.42 Å². The van der Waals surface area contributed by atoms with E-state index in [9.17, 15) is 9.18 Å². The highest BCUT2D eigenvalue weighted by Crippen LogP contribution is 2.27. The number of anilines is 3. The molecule has 2 aromatic rings. The van der Waals surface area contributed by atoms with E-state index in [4.69, 9.17) is 10.8 Å². The SMILES string of the molecule is CCCc1ccccc1Nc1cc(C(=O)O)c(N)cc1F. The third kappa shape index (κ3) is 3.31. The number of aryl methyl sites for hydroxylation is 1. The first kappa shape index (κ1) is 14.8. The van der Waals surface area contributed by atoms with Crippen LogP contribution < -0.4 is 11.1 Å². The molecule has 4 N–H and O–H groups in total. The largest absolute Gasteiger partial charge is 0.478 e. The number of para-hydroxylation sites is 1. The molecule has 2 rings (SSSR count). The van der Waals surface area contributed by atoms with Gasteiger partial charge in [0.05, 0.1) is 11.3 Å². The summed E-state index contributed by atoms with van der Waals surface area (Å²) in [7, 11) is 0. The average molecular weight is 288 g/mol. The van der Waals surface area contributed by atoms with Crippen LogP contribution in [-0.4, -0.2) is 11.1 Å². The smallest absolute Gasteiger partial charge is 0.337 e. The monoisotopic (exact) mass is 288 g/mol. The second-order valence-corrected chi connectivity index (χ2v) is 4.76. The van der Waals surface area contributed by atoms with Crippen molar-refractivity contribution in [2.45, 2.75) is 19.8 Å². The predicted octanol–water partition coefficient (Wildman–Crippen LogP) is 3.80. The van der Waals surface area contributed by atoms with Crippen molar-refractivity contribution < 1.29 is 14.3 Å². The molecule has 0 heterocycles. The molecule has 0 fully saturated rings. The fourth-order valence-electron chi connectivity index (χ4n) is 2.14. The van der Waals surface area contributed by atoms with Crippen LogP contribution in [0.15, 0.2) is 36.4 Å². The van der Waals surface area contributed by atoms with E-state index < -0.39 is 11.8 Å². The zero-order valence-corrected chi connectivity index (χ0v) is 11.7. The Morgan fingerprint density at radius 1 is 1.29 bits per heavy atom. The summed E-state index contributed by atoms with van der Waals surface area (Å²) < 4.78 is 14.0. The molecule has 4 nitrogen and oxygen atoms in total. The van der Waals surface area contributed by atoms with E-state index in [-0.39, 0.29) is 16.9 Å². The minimum absolute atomic E-state index is 0.0904. The maximum absolute atomic E-state index is 14.0. The molecule has 0 radical (unpaired) electrons. The second-order valence-electron chi connectivity index (χ2n) is 4.76. The number of nitrogens with one attached hydrogen (secondary N) is 1. The zero-order valence-electron chi connectivity index (χ0n) is 11.7. The molecule has 0 bridgehead atoms. The Morgan fingerprint density at radius 2 is 2.00 bits per heavy atom. The van der Waals surface area contributed by atoms with Gasteiger partial charge in [0.15, 0.2) is 0 Å². The summed E-state index contributed by atoms with van der Waals surface area (Å²) in [6.07, 6.45) is 1.81. The first-order chi connectivity index (χ1) is 10.0. The van der Waals surface area contributed by atoms with Crippen LogP contribution in [0.5, 0.6) is 0 Å². The van der Waals surface area contributed by atoms with Crippen LogP contribution in [0.3, 0.4) is 0 Å². The summed E-state index contributed by atoms with van der Waals surface area (Å²) in [4.78, 5) is 11.1. The van der Waals surface area contributed by atoms with Crippen molar-refractivity contribution in [3.05, 3.63) is 53.3 Å². The van der Waals surface area contributed by atoms with Crippen LogP contribution in [0.2, 0.25) is 0 Å². The van der Waals surface area contributed by atoms with E-state index in [0.717, 1.165) is 30.2 Å². The number of hydrogen-bond donors (Lipinski definition) is 3. The van der Waals surface area contributed by atoms with Gasteiger partial charge < -0.3 is 16.2 Å². The van der Waals surface area contributed by atoms with Crippen molar-refractivity contribution in [3.8, 4) is 0 Å². The number of rotatable bonds is 5. The van der Waals surface area contributed by atoms with Crippen LogP contribution in [0, 0.1) is 5.82 Å². The van der Waals surface area contributed by atoms with E-state index >= 15 is 0 Å². The van der Waals surface area contributed by atoms with Gasteiger partial charge in [-0.3, -0.25) is 0 Å². The molecule has 0 aromatic heterocycles. The van der Waals surface area contributed by atoms with Gasteiger partial charge in [-0.05, 0) is 30.2 Å². The number of halogens is 1. The number of aromatic carboxylic acids is 1. The highest BCUT2D eigenvalue weighted by Gasteiger charge is 2.14. The maximum atomic E-state index is 14.0. The number of benzene rings is 2. The van der Waals surface area contributed by atoms with Gasteiger partial charge in [0.25, 0.3) is 0 Å². The minimum Gasteiger partial charge on any atom is -0.478 e. The molecule has 2 aromatic carbocycles. The van der Waals surface area contributed by atoms with Crippen LogP contribution >= 0.6 is 0 Å². The van der Waals surface area contributed by atoms with Crippen molar-refractivity contribution >= 4 is 23.0 Å². The molecule has 5 heteroatoms. The van der Waals surface area contributed by atoms with E-state index in [1.54, 1.807) is 0 Å². The Morgan fingerprint density at radius 3 is 2.67 bits per heavy atom. The first-order valence-electron chi connectivity index (χ1n) is 6.70. The highest BCUT2D eigenvalue weighted by molar-refractivity contribution is 5.95. The maximum Gasteiger partial charge on any atom is 0.337 e. The van der Waals surface area contributed by atoms with Crippen molar-refractivity contribution in [1.82, 2.24) is 0 Å². The van der Waals surface area contributed by atoms with E-state index in [1.807, 2.05) is 24.3 Å². The molecule has 0 atom stereocenters. The Kier molecular flexibility index (Phi) is 4.42. The van der Waals surface area contributed by atoms with E-state index in [1.165, 1.54) is 6.07 Å². The Hall–Kier alpha value is -2.56. The lowest BCUT2D eigenvalue weighted by atomic mass is 10.1. The van der Waals surface area contributed by atoms with Gasteiger partial charge >= 0.3 is 5.97 Å². The summed E-state index contributed by atoms with van der Waals surface area (Å²) in [5.41, 5.74) is 7.22. The van der Waals surface area contributed by atoms with Gasteiger partial charge in [0, 0.05) is 11.4 Å².